The van der Waals surface area contributed by atoms with E-state index in [2.05, 4.69) is 5.32 Å². The van der Waals surface area contributed by atoms with Crippen LogP contribution in [-0.2, 0) is 13.2 Å². The van der Waals surface area contributed by atoms with Crippen molar-refractivity contribution in [2.24, 2.45) is 0 Å². The molecule has 0 saturated heterocycles. The van der Waals surface area contributed by atoms with Gasteiger partial charge in [-0.05, 0) is 23.3 Å². The molecule has 3 aromatic rings. The van der Waals surface area contributed by atoms with Crippen molar-refractivity contribution in [2.75, 3.05) is 0 Å². The van der Waals surface area contributed by atoms with Crippen LogP contribution in [0, 0.1) is 20.2 Å². The van der Waals surface area contributed by atoms with Crippen molar-refractivity contribution in [3.05, 3.63) is 110 Å². The fraction of sp³-hybridized carbons (Fsp3) is 0.0952. The number of nitrogens with one attached hydrogen (secondary N) is 1. The number of ether oxygens (including phenoxy) is 1. The van der Waals surface area contributed by atoms with Gasteiger partial charge in [0.2, 0.25) is 0 Å². The van der Waals surface area contributed by atoms with E-state index < -0.39 is 27.1 Å². The molecule has 30 heavy (non-hydrogen) atoms. The predicted molar refractivity (Wildman–Crippen MR) is 108 cm³/mol. The Morgan fingerprint density at radius 3 is 2.10 bits per heavy atom. The van der Waals surface area contributed by atoms with Crippen molar-refractivity contribution >= 4 is 17.3 Å². The molecule has 3 aromatic carbocycles. The van der Waals surface area contributed by atoms with Gasteiger partial charge in [-0.25, -0.2) is 0 Å². The van der Waals surface area contributed by atoms with Crippen LogP contribution in [0.3, 0.4) is 0 Å². The summed E-state index contributed by atoms with van der Waals surface area (Å²) in [6.07, 6.45) is 0. The molecule has 152 valence electrons. The van der Waals surface area contributed by atoms with Crippen molar-refractivity contribution in [3.63, 3.8) is 0 Å². The van der Waals surface area contributed by atoms with E-state index in [4.69, 9.17) is 4.74 Å². The van der Waals surface area contributed by atoms with Gasteiger partial charge in [0.05, 0.1) is 21.5 Å². The molecule has 0 radical (unpaired) electrons. The van der Waals surface area contributed by atoms with Crippen LogP contribution in [0.25, 0.3) is 0 Å². The summed E-state index contributed by atoms with van der Waals surface area (Å²) in [5.74, 6) is -0.0333. The predicted octanol–water partition coefficient (Wildman–Crippen LogP) is 4.01. The molecule has 0 aliphatic heterocycles. The largest absolute Gasteiger partial charge is 0.489 e. The molecule has 0 bridgehead atoms. The SMILES string of the molecule is O=C(NCc1cccc(OCc2ccccc2)c1)c1cc([N+](=O)[O-])cc([N+](=O)[O-])c1. The molecule has 1 N–H and O–H groups in total. The number of hydrogen-bond acceptors (Lipinski definition) is 6. The molecule has 9 nitrogen and oxygen atoms in total. The van der Waals surface area contributed by atoms with E-state index >= 15 is 0 Å². The molecular weight excluding hydrogens is 390 g/mol. The van der Waals surface area contributed by atoms with Crippen LogP contribution in [0.1, 0.15) is 21.5 Å². The van der Waals surface area contributed by atoms with E-state index in [0.29, 0.717) is 12.4 Å². The number of non-ortho nitro benzene ring substituents is 2. The molecule has 0 spiro atoms. The van der Waals surface area contributed by atoms with E-state index in [1.165, 1.54) is 0 Å². The van der Waals surface area contributed by atoms with Crippen LogP contribution in [-0.4, -0.2) is 15.8 Å². The molecule has 1 amide bonds. The lowest BCUT2D eigenvalue weighted by Gasteiger charge is -2.09. The van der Waals surface area contributed by atoms with Crippen LogP contribution >= 0.6 is 0 Å². The standard InChI is InChI=1S/C21H17N3O6/c25-21(17-10-18(23(26)27)12-19(11-17)24(28)29)22-13-16-7-4-8-20(9-16)30-14-15-5-2-1-3-6-15/h1-12H,13-14H2,(H,22,25). The zero-order chi connectivity index (χ0) is 21.5. The van der Waals surface area contributed by atoms with E-state index in [-0.39, 0.29) is 12.1 Å². The first kappa shape index (κ1) is 20.5. The van der Waals surface area contributed by atoms with Crippen LogP contribution < -0.4 is 10.1 Å². The minimum atomic E-state index is -0.780. The number of benzene rings is 3. The fourth-order valence-corrected chi connectivity index (χ4v) is 2.71. The van der Waals surface area contributed by atoms with E-state index in [1.807, 2.05) is 30.3 Å². The molecule has 0 atom stereocenters. The highest BCUT2D eigenvalue weighted by Gasteiger charge is 2.19. The topological polar surface area (TPSA) is 125 Å². The minimum Gasteiger partial charge on any atom is -0.489 e. The molecule has 0 fully saturated rings. The Balaban J connectivity index is 1.66. The molecule has 9 heteroatoms. The van der Waals surface area contributed by atoms with Gasteiger partial charge in [-0.1, -0.05) is 42.5 Å². The van der Waals surface area contributed by atoms with Crippen LogP contribution in [0.15, 0.2) is 72.8 Å². The summed E-state index contributed by atoms with van der Waals surface area (Å²) < 4.78 is 5.75. The second kappa shape index (κ2) is 9.28. The number of nitro groups is 2. The second-order valence-corrected chi connectivity index (χ2v) is 6.36. The highest BCUT2D eigenvalue weighted by molar-refractivity contribution is 5.95. The van der Waals surface area contributed by atoms with Gasteiger partial charge in [0.25, 0.3) is 17.3 Å². The summed E-state index contributed by atoms with van der Waals surface area (Å²) >= 11 is 0. The van der Waals surface area contributed by atoms with Gasteiger partial charge in [0.15, 0.2) is 0 Å². The molecule has 3 rings (SSSR count). The van der Waals surface area contributed by atoms with Gasteiger partial charge in [0, 0.05) is 18.7 Å². The van der Waals surface area contributed by atoms with Crippen LogP contribution in [0.5, 0.6) is 5.75 Å². The second-order valence-electron chi connectivity index (χ2n) is 6.36. The summed E-state index contributed by atoms with van der Waals surface area (Å²) in [5, 5.41) is 24.5. The van der Waals surface area contributed by atoms with Gasteiger partial charge in [-0.15, -0.1) is 0 Å². The lowest BCUT2D eigenvalue weighted by Crippen LogP contribution is -2.23. The number of amides is 1. The summed E-state index contributed by atoms with van der Waals surface area (Å²) in [4.78, 5) is 32.8. The third-order valence-corrected chi connectivity index (χ3v) is 4.19. The molecule has 0 saturated carbocycles. The quantitative estimate of drug-likeness (QED) is 0.444. The van der Waals surface area contributed by atoms with Crippen molar-refractivity contribution in [2.45, 2.75) is 13.2 Å². The first-order chi connectivity index (χ1) is 14.4. The summed E-state index contributed by atoms with van der Waals surface area (Å²) in [6, 6.07) is 19.6. The minimum absolute atomic E-state index is 0.123. The molecule has 0 heterocycles. The zero-order valence-corrected chi connectivity index (χ0v) is 15.7. The van der Waals surface area contributed by atoms with Crippen LogP contribution in [0.4, 0.5) is 11.4 Å². The Bertz CT molecular complexity index is 1050. The van der Waals surface area contributed by atoms with E-state index in [9.17, 15) is 25.0 Å². The Morgan fingerprint density at radius 1 is 0.833 bits per heavy atom. The molecule has 0 aliphatic carbocycles. The van der Waals surface area contributed by atoms with Gasteiger partial charge < -0.3 is 10.1 Å². The van der Waals surface area contributed by atoms with Crippen molar-refractivity contribution in [1.29, 1.82) is 0 Å². The highest BCUT2D eigenvalue weighted by atomic mass is 16.6. The molecule has 0 aromatic heterocycles. The van der Waals surface area contributed by atoms with E-state index in [1.54, 1.807) is 24.3 Å². The van der Waals surface area contributed by atoms with Gasteiger partial charge >= 0.3 is 0 Å². The monoisotopic (exact) mass is 407 g/mol. The maximum absolute atomic E-state index is 12.4. The molecular formula is C21H17N3O6. The zero-order valence-electron chi connectivity index (χ0n) is 15.7. The lowest BCUT2D eigenvalue weighted by molar-refractivity contribution is -0.394. The number of hydrogen-bond donors (Lipinski definition) is 1. The van der Waals surface area contributed by atoms with Crippen molar-refractivity contribution in [1.82, 2.24) is 5.32 Å². The number of nitro benzene ring substituents is 2. The third kappa shape index (κ3) is 5.38. The van der Waals surface area contributed by atoms with Gasteiger partial charge in [0.1, 0.15) is 12.4 Å². The maximum Gasteiger partial charge on any atom is 0.277 e. The van der Waals surface area contributed by atoms with E-state index in [0.717, 1.165) is 29.3 Å². The van der Waals surface area contributed by atoms with Crippen LogP contribution in [0.2, 0.25) is 0 Å². The Kier molecular flexibility index (Phi) is 6.33. The number of carbonyl (C=O) groups excluding carboxylic acids is 1. The normalized spacial score (nSPS) is 10.3. The molecule has 0 unspecified atom stereocenters. The smallest absolute Gasteiger partial charge is 0.277 e. The van der Waals surface area contributed by atoms with Crippen molar-refractivity contribution in [3.8, 4) is 5.75 Å². The van der Waals surface area contributed by atoms with Gasteiger partial charge in [-0.2, -0.15) is 0 Å². The number of carbonyl (C=O) groups is 1. The summed E-state index contributed by atoms with van der Waals surface area (Å²) in [6.45, 7) is 0.520. The lowest BCUT2D eigenvalue weighted by atomic mass is 10.1. The van der Waals surface area contributed by atoms with Gasteiger partial charge in [-0.3, -0.25) is 25.0 Å². The number of rotatable bonds is 8. The summed E-state index contributed by atoms with van der Waals surface area (Å²) in [7, 11) is 0. The Hall–Kier alpha value is -4.27. The van der Waals surface area contributed by atoms with Crippen molar-refractivity contribution < 1.29 is 19.4 Å². The average molecular weight is 407 g/mol. The Morgan fingerprint density at radius 2 is 1.47 bits per heavy atom. The maximum atomic E-state index is 12.4. The molecule has 0 aliphatic rings. The first-order valence-electron chi connectivity index (χ1n) is 8.90. The fourth-order valence-electron chi connectivity index (χ4n) is 2.71. The third-order valence-electron chi connectivity index (χ3n) is 4.19. The summed E-state index contributed by atoms with van der Waals surface area (Å²) in [5.41, 5.74) is 0.556. The number of nitrogens with zero attached hydrogens (tertiary/aromatic N) is 2. The first-order valence-corrected chi connectivity index (χ1v) is 8.90. The average Bonchev–Trinajstić information content (AvgIpc) is 2.76. The Labute approximate surface area is 171 Å². The highest BCUT2D eigenvalue weighted by Crippen LogP contribution is 2.23.